The molecule has 0 atom stereocenters. The molecule has 2 aromatic carbocycles. The number of ether oxygens (including phenoxy) is 2. The first-order valence-corrected chi connectivity index (χ1v) is 6.59. The molecular weight excluding hydrogens is 276 g/mol. The predicted octanol–water partition coefficient (Wildman–Crippen LogP) is 3.58. The Hall–Kier alpha value is -2.00. The molecule has 20 heavy (non-hydrogen) atoms. The fraction of sp³-hybridized carbons (Fsp3) is 0.188. The number of hydrogen-bond donors (Lipinski definition) is 0. The van der Waals surface area contributed by atoms with Crippen LogP contribution in [0, 0.1) is 0 Å². The number of carbonyl (C=O) groups excluding carboxylic acids is 1. The molecule has 0 N–H and O–H groups in total. The van der Waals surface area contributed by atoms with Gasteiger partial charge >= 0.3 is 0 Å². The summed E-state index contributed by atoms with van der Waals surface area (Å²) in [6.07, 6.45) is 0.143. The average molecular weight is 291 g/mol. The molecule has 4 heteroatoms. The molecule has 0 aliphatic carbocycles. The lowest BCUT2D eigenvalue weighted by Crippen LogP contribution is -2.00. The molecule has 2 rings (SSSR count). The molecule has 104 valence electrons. The summed E-state index contributed by atoms with van der Waals surface area (Å²) in [6, 6.07) is 15.3. The van der Waals surface area contributed by atoms with Crippen LogP contribution in [-0.2, 0) is 17.8 Å². The van der Waals surface area contributed by atoms with Crippen LogP contribution in [0.1, 0.15) is 11.1 Å². The summed E-state index contributed by atoms with van der Waals surface area (Å²) in [5, 5.41) is -0.416. The SMILES string of the molecule is COc1cc(OCc2ccccc2)ccc1CC(=O)Cl. The lowest BCUT2D eigenvalue weighted by atomic mass is 10.1. The molecule has 0 aliphatic rings. The first-order chi connectivity index (χ1) is 9.69. The summed E-state index contributed by atoms with van der Waals surface area (Å²) in [7, 11) is 1.55. The minimum Gasteiger partial charge on any atom is -0.496 e. The van der Waals surface area contributed by atoms with Crippen molar-refractivity contribution in [3.05, 3.63) is 59.7 Å². The van der Waals surface area contributed by atoms with Crippen molar-refractivity contribution >= 4 is 16.8 Å². The van der Waals surface area contributed by atoms with Crippen molar-refractivity contribution in [1.29, 1.82) is 0 Å². The quantitative estimate of drug-likeness (QED) is 0.763. The highest BCUT2D eigenvalue weighted by atomic mass is 35.5. The van der Waals surface area contributed by atoms with Crippen LogP contribution in [0.3, 0.4) is 0 Å². The zero-order valence-corrected chi connectivity index (χ0v) is 11.9. The molecule has 0 radical (unpaired) electrons. The summed E-state index contributed by atoms with van der Waals surface area (Å²) in [4.78, 5) is 11.0. The van der Waals surface area contributed by atoms with Crippen molar-refractivity contribution in [2.45, 2.75) is 13.0 Å². The van der Waals surface area contributed by atoms with Gasteiger partial charge in [-0.15, -0.1) is 0 Å². The number of methoxy groups -OCH3 is 1. The molecule has 0 aliphatic heterocycles. The topological polar surface area (TPSA) is 35.5 Å². The first-order valence-electron chi connectivity index (χ1n) is 6.21. The molecule has 0 saturated heterocycles. The van der Waals surface area contributed by atoms with Crippen LogP contribution < -0.4 is 9.47 Å². The largest absolute Gasteiger partial charge is 0.496 e. The summed E-state index contributed by atoms with van der Waals surface area (Å²) >= 11 is 5.40. The van der Waals surface area contributed by atoms with E-state index < -0.39 is 5.24 Å². The Morgan fingerprint density at radius 1 is 1.15 bits per heavy atom. The van der Waals surface area contributed by atoms with E-state index in [4.69, 9.17) is 21.1 Å². The molecule has 0 bridgehead atoms. The molecule has 0 saturated carbocycles. The number of rotatable bonds is 6. The van der Waals surface area contributed by atoms with Crippen molar-refractivity contribution < 1.29 is 14.3 Å². The van der Waals surface area contributed by atoms with Gasteiger partial charge in [0.2, 0.25) is 5.24 Å². The minimum absolute atomic E-state index is 0.143. The zero-order valence-electron chi connectivity index (χ0n) is 11.1. The Morgan fingerprint density at radius 2 is 1.90 bits per heavy atom. The van der Waals surface area contributed by atoms with Crippen molar-refractivity contribution in [2.24, 2.45) is 0 Å². The maximum Gasteiger partial charge on any atom is 0.226 e. The van der Waals surface area contributed by atoms with Crippen LogP contribution >= 0.6 is 11.6 Å². The van der Waals surface area contributed by atoms with Gasteiger partial charge in [0.05, 0.1) is 13.5 Å². The van der Waals surface area contributed by atoms with E-state index in [0.29, 0.717) is 18.1 Å². The van der Waals surface area contributed by atoms with Crippen molar-refractivity contribution in [3.8, 4) is 11.5 Å². The van der Waals surface area contributed by atoms with E-state index >= 15 is 0 Å². The maximum absolute atomic E-state index is 11.0. The van der Waals surface area contributed by atoms with Crippen LogP contribution in [0.15, 0.2) is 48.5 Å². The number of carbonyl (C=O) groups is 1. The van der Waals surface area contributed by atoms with Gasteiger partial charge in [0.1, 0.15) is 18.1 Å². The fourth-order valence-electron chi connectivity index (χ4n) is 1.85. The second-order valence-corrected chi connectivity index (χ2v) is 4.70. The zero-order chi connectivity index (χ0) is 14.4. The Labute approximate surface area is 123 Å². The van der Waals surface area contributed by atoms with E-state index in [1.807, 2.05) is 30.3 Å². The van der Waals surface area contributed by atoms with Gasteiger partial charge in [-0.3, -0.25) is 4.79 Å². The lowest BCUT2D eigenvalue weighted by Gasteiger charge is -2.11. The Kier molecular flexibility index (Phi) is 5.02. The van der Waals surface area contributed by atoms with Gasteiger partial charge < -0.3 is 9.47 Å². The molecule has 0 fully saturated rings. The number of halogens is 1. The molecule has 0 amide bonds. The van der Waals surface area contributed by atoms with Crippen LogP contribution in [0.5, 0.6) is 11.5 Å². The maximum atomic E-state index is 11.0. The van der Waals surface area contributed by atoms with E-state index in [0.717, 1.165) is 11.1 Å². The highest BCUT2D eigenvalue weighted by Gasteiger charge is 2.08. The third-order valence-electron chi connectivity index (χ3n) is 2.84. The molecule has 0 unspecified atom stereocenters. The smallest absolute Gasteiger partial charge is 0.226 e. The lowest BCUT2D eigenvalue weighted by molar-refractivity contribution is -0.111. The Bertz CT molecular complexity index is 582. The van der Waals surface area contributed by atoms with Crippen molar-refractivity contribution in [3.63, 3.8) is 0 Å². The van der Waals surface area contributed by atoms with Crippen molar-refractivity contribution in [1.82, 2.24) is 0 Å². The van der Waals surface area contributed by atoms with Gasteiger partial charge in [0, 0.05) is 11.6 Å². The summed E-state index contributed by atoms with van der Waals surface area (Å²) in [5.74, 6) is 1.29. The second kappa shape index (κ2) is 6.96. The van der Waals surface area contributed by atoms with Gasteiger partial charge in [-0.25, -0.2) is 0 Å². The molecule has 3 nitrogen and oxygen atoms in total. The molecule has 0 heterocycles. The number of hydrogen-bond acceptors (Lipinski definition) is 3. The highest BCUT2D eigenvalue weighted by Crippen LogP contribution is 2.26. The van der Waals surface area contributed by atoms with Crippen molar-refractivity contribution in [2.75, 3.05) is 7.11 Å². The normalized spacial score (nSPS) is 10.1. The Morgan fingerprint density at radius 3 is 2.55 bits per heavy atom. The minimum atomic E-state index is -0.416. The van der Waals surface area contributed by atoms with Crippen LogP contribution in [-0.4, -0.2) is 12.4 Å². The Balaban J connectivity index is 2.07. The fourth-order valence-corrected chi connectivity index (χ4v) is 2.00. The monoisotopic (exact) mass is 290 g/mol. The van der Waals surface area contributed by atoms with Gasteiger partial charge in [0.25, 0.3) is 0 Å². The highest BCUT2D eigenvalue weighted by molar-refractivity contribution is 6.63. The molecule has 0 spiro atoms. The van der Waals surface area contributed by atoms with E-state index in [1.165, 1.54) is 0 Å². The first kappa shape index (κ1) is 14.4. The van der Waals surface area contributed by atoms with E-state index in [2.05, 4.69) is 0 Å². The third kappa shape index (κ3) is 4.00. The molecular formula is C16H15ClO3. The van der Waals surface area contributed by atoms with Crippen LogP contribution in [0.2, 0.25) is 0 Å². The summed E-state index contributed by atoms with van der Waals surface area (Å²) in [6.45, 7) is 0.484. The van der Waals surface area contributed by atoms with Gasteiger partial charge in [-0.1, -0.05) is 36.4 Å². The van der Waals surface area contributed by atoms with E-state index in [-0.39, 0.29) is 6.42 Å². The number of benzene rings is 2. The van der Waals surface area contributed by atoms with Gasteiger partial charge in [-0.2, -0.15) is 0 Å². The second-order valence-electron chi connectivity index (χ2n) is 4.28. The summed E-state index contributed by atoms with van der Waals surface area (Å²) < 4.78 is 10.9. The summed E-state index contributed by atoms with van der Waals surface area (Å²) in [5.41, 5.74) is 1.84. The van der Waals surface area contributed by atoms with Gasteiger partial charge in [0.15, 0.2) is 0 Å². The van der Waals surface area contributed by atoms with E-state index in [1.54, 1.807) is 25.3 Å². The third-order valence-corrected chi connectivity index (χ3v) is 2.97. The standard InChI is InChI=1S/C16H15ClO3/c1-19-15-10-14(8-7-13(15)9-16(17)18)20-11-12-5-3-2-4-6-12/h2-8,10H,9,11H2,1H3. The van der Waals surface area contributed by atoms with E-state index in [9.17, 15) is 4.79 Å². The molecule has 2 aromatic rings. The molecule has 0 aromatic heterocycles. The van der Waals surface area contributed by atoms with Gasteiger partial charge in [-0.05, 0) is 23.2 Å². The van der Waals surface area contributed by atoms with Crippen LogP contribution in [0.4, 0.5) is 0 Å². The van der Waals surface area contributed by atoms with Crippen LogP contribution in [0.25, 0.3) is 0 Å². The predicted molar refractivity (Wildman–Crippen MR) is 78.3 cm³/mol. The average Bonchev–Trinajstić information content (AvgIpc) is 2.46.